The van der Waals surface area contributed by atoms with Crippen molar-refractivity contribution in [1.82, 2.24) is 5.32 Å². The zero-order valence-corrected chi connectivity index (χ0v) is 13.8. The third-order valence-electron chi connectivity index (χ3n) is 3.86. The minimum absolute atomic E-state index is 0.00239. The van der Waals surface area contributed by atoms with Gasteiger partial charge in [-0.25, -0.2) is 0 Å². The van der Waals surface area contributed by atoms with Gasteiger partial charge in [-0.2, -0.15) is 0 Å². The van der Waals surface area contributed by atoms with Gasteiger partial charge >= 0.3 is 0 Å². The van der Waals surface area contributed by atoms with E-state index in [1.807, 2.05) is 0 Å². The van der Waals surface area contributed by atoms with E-state index in [0.29, 0.717) is 22.9 Å². The maximum Gasteiger partial charge on any atom is 0.269 e. The number of rotatable bonds is 6. The van der Waals surface area contributed by atoms with Crippen molar-refractivity contribution in [2.75, 3.05) is 5.32 Å². The predicted octanol–water partition coefficient (Wildman–Crippen LogP) is 3.14. The molecule has 1 fully saturated rings. The Morgan fingerprint density at radius 3 is 2.27 bits per heavy atom. The van der Waals surface area contributed by atoms with Crippen LogP contribution in [0.3, 0.4) is 0 Å². The normalized spacial score (nSPS) is 13.4. The Kier molecular flexibility index (Phi) is 5.07. The maximum absolute atomic E-state index is 11.9. The quantitative estimate of drug-likeness (QED) is 0.474. The fourth-order valence-electron chi connectivity index (χ4n) is 2.26. The first kappa shape index (κ1) is 17.3. The number of benzene rings is 2. The lowest BCUT2D eigenvalue weighted by atomic mass is 10.2. The van der Waals surface area contributed by atoms with Crippen molar-refractivity contribution >= 4 is 29.3 Å². The van der Waals surface area contributed by atoms with Crippen LogP contribution in [0.15, 0.2) is 54.6 Å². The molecule has 7 nitrogen and oxygen atoms in total. The van der Waals surface area contributed by atoms with Crippen molar-refractivity contribution in [2.24, 2.45) is 0 Å². The molecular weight excluding hydrogens is 334 g/mol. The molecule has 7 heteroatoms. The standard InChI is InChI=1S/C19H17N3O4/c23-18(12-3-13-1-10-17(11-2-13)22(25)26)20-15-6-4-14(5-7-15)19(24)21-16-8-9-16/h1-7,10-12,16H,8-9H2,(H,20,23)(H,21,24)/b12-3+. The Morgan fingerprint density at radius 1 is 1.04 bits per heavy atom. The summed E-state index contributed by atoms with van der Waals surface area (Å²) in [5.74, 6) is -0.443. The van der Waals surface area contributed by atoms with Crippen molar-refractivity contribution in [3.8, 4) is 0 Å². The molecule has 0 radical (unpaired) electrons. The van der Waals surface area contributed by atoms with Crippen molar-refractivity contribution in [3.05, 3.63) is 75.8 Å². The van der Waals surface area contributed by atoms with Crippen molar-refractivity contribution in [2.45, 2.75) is 18.9 Å². The van der Waals surface area contributed by atoms with Crippen LogP contribution in [0.1, 0.15) is 28.8 Å². The highest BCUT2D eigenvalue weighted by Crippen LogP contribution is 2.19. The Hall–Kier alpha value is -3.48. The van der Waals surface area contributed by atoms with Crippen LogP contribution in [0.5, 0.6) is 0 Å². The number of anilines is 1. The number of hydrogen-bond acceptors (Lipinski definition) is 4. The van der Waals surface area contributed by atoms with Crippen LogP contribution in [-0.4, -0.2) is 22.8 Å². The second kappa shape index (κ2) is 7.60. The molecule has 1 aliphatic carbocycles. The summed E-state index contributed by atoms with van der Waals surface area (Å²) in [6.45, 7) is 0. The molecule has 132 valence electrons. The summed E-state index contributed by atoms with van der Waals surface area (Å²) in [5, 5.41) is 16.2. The lowest BCUT2D eigenvalue weighted by Crippen LogP contribution is -2.25. The van der Waals surface area contributed by atoms with Gasteiger partial charge in [-0.1, -0.05) is 0 Å². The van der Waals surface area contributed by atoms with E-state index in [0.717, 1.165) is 12.8 Å². The van der Waals surface area contributed by atoms with E-state index >= 15 is 0 Å². The molecule has 3 rings (SSSR count). The number of carbonyl (C=O) groups excluding carboxylic acids is 2. The molecule has 0 aromatic heterocycles. The highest BCUT2D eigenvalue weighted by molar-refractivity contribution is 6.02. The van der Waals surface area contributed by atoms with Gasteiger partial charge in [0.1, 0.15) is 0 Å². The summed E-state index contributed by atoms with van der Waals surface area (Å²) in [6, 6.07) is 12.8. The number of nitrogens with zero attached hydrogens (tertiary/aromatic N) is 1. The van der Waals surface area contributed by atoms with E-state index < -0.39 is 4.92 Å². The lowest BCUT2D eigenvalue weighted by molar-refractivity contribution is -0.384. The Balaban J connectivity index is 1.55. The van der Waals surface area contributed by atoms with Gasteiger partial charge in [0.15, 0.2) is 0 Å². The number of nitro groups is 1. The van der Waals surface area contributed by atoms with Gasteiger partial charge in [0.25, 0.3) is 11.6 Å². The molecule has 0 atom stereocenters. The molecule has 0 aliphatic heterocycles. The van der Waals surface area contributed by atoms with Crippen LogP contribution in [0.2, 0.25) is 0 Å². The Labute approximate surface area is 149 Å². The topological polar surface area (TPSA) is 101 Å². The van der Waals surface area contributed by atoms with Crippen LogP contribution >= 0.6 is 0 Å². The molecule has 0 unspecified atom stereocenters. The average Bonchev–Trinajstić information content (AvgIpc) is 3.45. The maximum atomic E-state index is 11.9. The molecular formula is C19H17N3O4. The largest absolute Gasteiger partial charge is 0.349 e. The first-order valence-corrected chi connectivity index (χ1v) is 8.16. The van der Waals surface area contributed by atoms with Crippen molar-refractivity contribution in [1.29, 1.82) is 0 Å². The fraction of sp³-hybridized carbons (Fsp3) is 0.158. The molecule has 0 heterocycles. The van der Waals surface area contributed by atoms with Crippen molar-refractivity contribution in [3.63, 3.8) is 0 Å². The smallest absolute Gasteiger partial charge is 0.269 e. The summed E-state index contributed by atoms with van der Waals surface area (Å²) >= 11 is 0. The molecule has 2 aromatic carbocycles. The zero-order chi connectivity index (χ0) is 18.5. The van der Waals surface area contributed by atoms with Crippen molar-refractivity contribution < 1.29 is 14.5 Å². The summed E-state index contributed by atoms with van der Waals surface area (Å²) in [5.41, 5.74) is 1.80. The Bertz CT molecular complexity index is 853. The van der Waals surface area contributed by atoms with E-state index in [1.165, 1.54) is 18.2 Å². The summed E-state index contributed by atoms with van der Waals surface area (Å²) in [4.78, 5) is 34.0. The van der Waals surface area contributed by atoms with Gasteiger partial charge in [0.05, 0.1) is 4.92 Å². The van der Waals surface area contributed by atoms with E-state index in [1.54, 1.807) is 42.5 Å². The molecule has 0 spiro atoms. The first-order chi connectivity index (χ1) is 12.5. The molecule has 1 saturated carbocycles. The second-order valence-electron chi connectivity index (χ2n) is 6.00. The number of nitro benzene ring substituents is 1. The third-order valence-corrected chi connectivity index (χ3v) is 3.86. The van der Waals surface area contributed by atoms with Gasteiger partial charge < -0.3 is 10.6 Å². The first-order valence-electron chi connectivity index (χ1n) is 8.16. The second-order valence-corrected chi connectivity index (χ2v) is 6.00. The highest BCUT2D eigenvalue weighted by atomic mass is 16.6. The lowest BCUT2D eigenvalue weighted by Gasteiger charge is -2.05. The number of nitrogens with one attached hydrogen (secondary N) is 2. The monoisotopic (exact) mass is 351 g/mol. The fourth-order valence-corrected chi connectivity index (χ4v) is 2.26. The molecule has 0 bridgehead atoms. The van der Waals surface area contributed by atoms with Gasteiger partial charge in [-0.3, -0.25) is 19.7 Å². The number of amides is 2. The van der Waals surface area contributed by atoms with E-state index in [-0.39, 0.29) is 17.5 Å². The zero-order valence-electron chi connectivity index (χ0n) is 13.8. The van der Waals surface area contributed by atoms with Crippen LogP contribution in [-0.2, 0) is 4.79 Å². The van der Waals surface area contributed by atoms with Gasteiger partial charge in [0, 0.05) is 35.5 Å². The molecule has 2 N–H and O–H groups in total. The third kappa shape index (κ3) is 4.76. The molecule has 0 saturated heterocycles. The van der Waals surface area contributed by atoms with Gasteiger partial charge in [-0.05, 0) is 60.9 Å². The minimum atomic E-state index is -0.477. The molecule has 2 amide bonds. The molecule has 26 heavy (non-hydrogen) atoms. The SMILES string of the molecule is O=C(/C=C/c1ccc([N+](=O)[O-])cc1)Nc1ccc(C(=O)NC2CC2)cc1. The summed E-state index contributed by atoms with van der Waals surface area (Å²) < 4.78 is 0. The minimum Gasteiger partial charge on any atom is -0.349 e. The predicted molar refractivity (Wildman–Crippen MR) is 97.7 cm³/mol. The molecule has 2 aromatic rings. The Morgan fingerprint density at radius 2 is 1.69 bits per heavy atom. The summed E-state index contributed by atoms with van der Waals surface area (Å²) in [7, 11) is 0. The average molecular weight is 351 g/mol. The van der Waals surface area contributed by atoms with E-state index in [4.69, 9.17) is 0 Å². The van der Waals surface area contributed by atoms with Gasteiger partial charge in [-0.15, -0.1) is 0 Å². The van der Waals surface area contributed by atoms with Crippen LogP contribution in [0, 0.1) is 10.1 Å². The molecule has 1 aliphatic rings. The van der Waals surface area contributed by atoms with Crippen LogP contribution in [0.25, 0.3) is 6.08 Å². The number of carbonyl (C=O) groups is 2. The summed E-state index contributed by atoms with van der Waals surface area (Å²) in [6.07, 6.45) is 4.97. The van der Waals surface area contributed by atoms with E-state index in [9.17, 15) is 19.7 Å². The highest BCUT2D eigenvalue weighted by Gasteiger charge is 2.23. The number of non-ortho nitro benzene ring substituents is 1. The van der Waals surface area contributed by atoms with Gasteiger partial charge in [0.2, 0.25) is 5.91 Å². The number of hydrogen-bond donors (Lipinski definition) is 2. The van der Waals surface area contributed by atoms with E-state index in [2.05, 4.69) is 10.6 Å². The van der Waals surface area contributed by atoms with Crippen LogP contribution < -0.4 is 10.6 Å². The van der Waals surface area contributed by atoms with Crippen LogP contribution in [0.4, 0.5) is 11.4 Å².